The van der Waals surface area contributed by atoms with Crippen LogP contribution in [0.1, 0.15) is 23.7 Å². The Morgan fingerprint density at radius 3 is 2.55 bits per heavy atom. The minimum absolute atomic E-state index is 0.0351. The van der Waals surface area contributed by atoms with E-state index in [0.717, 1.165) is 39.3 Å². The van der Waals surface area contributed by atoms with Gasteiger partial charge in [-0.05, 0) is 25.5 Å². The maximum atomic E-state index is 13.2. The molecule has 3 aromatic rings. The first-order chi connectivity index (χ1) is 15.1. The molecule has 7 heteroatoms. The summed E-state index contributed by atoms with van der Waals surface area (Å²) in [5.74, 6) is 0.0351. The molecule has 0 amide bonds. The van der Waals surface area contributed by atoms with Gasteiger partial charge in [-0.1, -0.05) is 54.2 Å². The lowest BCUT2D eigenvalue weighted by molar-refractivity contribution is 0.0368. The molecule has 1 fully saturated rings. The number of morpholine rings is 1. The molecule has 2 aromatic carbocycles. The first-order valence-corrected chi connectivity index (χ1v) is 11.6. The lowest BCUT2D eigenvalue weighted by atomic mass is 10.1. The van der Waals surface area contributed by atoms with Gasteiger partial charge >= 0.3 is 0 Å². The third kappa shape index (κ3) is 5.23. The molecule has 2 heterocycles. The van der Waals surface area contributed by atoms with E-state index < -0.39 is 0 Å². The molecule has 0 saturated carbocycles. The molecule has 0 N–H and O–H groups in total. The summed E-state index contributed by atoms with van der Waals surface area (Å²) in [5.41, 5.74) is 1.29. The quantitative estimate of drug-likeness (QED) is 0.305. The Bertz CT molecular complexity index is 1090. The number of fused-ring (bicyclic) bond motifs is 1. The van der Waals surface area contributed by atoms with Gasteiger partial charge in [-0.2, -0.15) is 0 Å². The Morgan fingerprint density at radius 1 is 1.06 bits per heavy atom. The molecule has 0 radical (unpaired) electrons. The van der Waals surface area contributed by atoms with Crippen molar-refractivity contribution in [1.82, 2.24) is 14.5 Å². The molecule has 0 unspecified atom stereocenters. The van der Waals surface area contributed by atoms with Crippen LogP contribution in [0.3, 0.4) is 0 Å². The van der Waals surface area contributed by atoms with E-state index in [1.165, 1.54) is 11.8 Å². The topological polar surface area (TPSA) is 64.4 Å². The molecule has 1 aliphatic rings. The van der Waals surface area contributed by atoms with E-state index in [1.54, 1.807) is 4.57 Å². The zero-order chi connectivity index (χ0) is 21.6. The summed E-state index contributed by atoms with van der Waals surface area (Å²) >= 11 is 1.36. The fourth-order valence-corrected chi connectivity index (χ4v) is 4.77. The van der Waals surface area contributed by atoms with Gasteiger partial charge in [0.2, 0.25) is 0 Å². The van der Waals surface area contributed by atoms with Crippen LogP contribution in [0.15, 0.2) is 64.5 Å². The van der Waals surface area contributed by atoms with Crippen LogP contribution in [0.2, 0.25) is 0 Å². The molecule has 4 rings (SSSR count). The smallest absolute Gasteiger partial charge is 0.262 e. The van der Waals surface area contributed by atoms with E-state index in [9.17, 15) is 9.59 Å². The number of ketones is 1. The molecule has 1 atom stereocenters. The highest BCUT2D eigenvalue weighted by Gasteiger charge is 2.20. The normalized spacial score (nSPS) is 15.8. The predicted molar refractivity (Wildman–Crippen MR) is 124 cm³/mol. The molecule has 1 saturated heterocycles. The van der Waals surface area contributed by atoms with E-state index in [2.05, 4.69) is 4.90 Å². The summed E-state index contributed by atoms with van der Waals surface area (Å²) < 4.78 is 7.15. The number of thioether (sulfide) groups is 1. The third-order valence-electron chi connectivity index (χ3n) is 5.50. The molecule has 1 aliphatic heterocycles. The van der Waals surface area contributed by atoms with Gasteiger partial charge in [-0.15, -0.1) is 0 Å². The average molecular weight is 438 g/mol. The Balaban J connectivity index is 1.57. The Hall–Kier alpha value is -2.48. The Morgan fingerprint density at radius 2 is 1.77 bits per heavy atom. The third-order valence-corrected chi connectivity index (χ3v) is 6.59. The first-order valence-electron chi connectivity index (χ1n) is 10.7. The molecule has 0 aliphatic carbocycles. The van der Waals surface area contributed by atoms with Crippen LogP contribution < -0.4 is 5.56 Å². The minimum Gasteiger partial charge on any atom is -0.379 e. The molecule has 0 spiro atoms. The fraction of sp³-hybridized carbons (Fsp3) is 0.375. The number of benzene rings is 2. The molecule has 31 heavy (non-hydrogen) atoms. The van der Waals surface area contributed by atoms with E-state index >= 15 is 0 Å². The molecule has 162 valence electrons. The number of carbonyl (C=O) groups is 1. The maximum Gasteiger partial charge on any atom is 0.262 e. The molecule has 0 bridgehead atoms. The molecular formula is C24H27N3O3S. The number of hydrogen-bond acceptors (Lipinski definition) is 6. The van der Waals surface area contributed by atoms with Gasteiger partial charge in [-0.3, -0.25) is 19.1 Å². The standard InChI is InChI=1S/C24H27N3O3S/c1-18(22(28)19-8-3-2-4-9-19)31-24-25-21-11-6-5-10-20(21)23(29)27(24)13-7-12-26-14-16-30-17-15-26/h2-6,8-11,18H,7,12-17H2,1H3/t18-/m0/s1. The average Bonchev–Trinajstić information content (AvgIpc) is 2.82. The van der Waals surface area contributed by atoms with Crippen molar-refractivity contribution >= 4 is 28.4 Å². The van der Waals surface area contributed by atoms with Crippen LogP contribution >= 0.6 is 11.8 Å². The summed E-state index contributed by atoms with van der Waals surface area (Å²) in [6.45, 7) is 6.73. The van der Waals surface area contributed by atoms with Crippen LogP contribution in [0.5, 0.6) is 0 Å². The van der Waals surface area contributed by atoms with Crippen molar-refractivity contribution in [3.8, 4) is 0 Å². The van der Waals surface area contributed by atoms with Gasteiger partial charge in [0.15, 0.2) is 10.9 Å². The van der Waals surface area contributed by atoms with Crippen molar-refractivity contribution in [1.29, 1.82) is 0 Å². The van der Waals surface area contributed by atoms with Crippen LogP contribution in [-0.2, 0) is 11.3 Å². The van der Waals surface area contributed by atoms with Crippen molar-refractivity contribution in [2.45, 2.75) is 30.3 Å². The summed E-state index contributed by atoms with van der Waals surface area (Å²) in [5, 5.41) is 0.865. The highest BCUT2D eigenvalue weighted by Crippen LogP contribution is 2.25. The summed E-state index contributed by atoms with van der Waals surface area (Å²) in [4.78, 5) is 33.2. The number of nitrogens with zero attached hydrogens (tertiary/aromatic N) is 3. The summed E-state index contributed by atoms with van der Waals surface area (Å²) in [6.07, 6.45) is 0.842. The lowest BCUT2D eigenvalue weighted by Gasteiger charge is -2.26. The van der Waals surface area contributed by atoms with Crippen LogP contribution in [-0.4, -0.2) is 58.3 Å². The molecule has 6 nitrogen and oxygen atoms in total. The second-order valence-corrected chi connectivity index (χ2v) is 8.97. The Kier molecular flexibility index (Phi) is 7.17. The molecule has 1 aromatic heterocycles. The summed E-state index contributed by atoms with van der Waals surface area (Å²) in [6, 6.07) is 16.7. The SMILES string of the molecule is C[C@H](Sc1nc2ccccc2c(=O)n1CCCN1CCOCC1)C(=O)c1ccccc1. The van der Waals surface area contributed by atoms with E-state index in [1.807, 2.05) is 61.5 Å². The number of hydrogen-bond donors (Lipinski definition) is 0. The van der Waals surface area contributed by atoms with Gasteiger partial charge in [0.25, 0.3) is 5.56 Å². The van der Waals surface area contributed by atoms with E-state index in [-0.39, 0.29) is 16.6 Å². The van der Waals surface area contributed by atoms with Crippen LogP contribution in [0, 0.1) is 0 Å². The van der Waals surface area contributed by atoms with Crippen molar-refractivity contribution in [3.05, 3.63) is 70.5 Å². The second-order valence-electron chi connectivity index (χ2n) is 7.67. The maximum absolute atomic E-state index is 13.2. The number of aromatic nitrogens is 2. The summed E-state index contributed by atoms with van der Waals surface area (Å²) in [7, 11) is 0. The first kappa shape index (κ1) is 21.7. The zero-order valence-corrected chi connectivity index (χ0v) is 18.5. The number of ether oxygens (including phenoxy) is 1. The van der Waals surface area contributed by atoms with Gasteiger partial charge in [0.05, 0.1) is 29.4 Å². The molecular weight excluding hydrogens is 410 g/mol. The number of Topliss-reactive ketones (excluding diaryl/α,β-unsaturated/α-hetero) is 1. The largest absolute Gasteiger partial charge is 0.379 e. The van der Waals surface area contributed by atoms with Crippen molar-refractivity contribution in [2.75, 3.05) is 32.8 Å². The van der Waals surface area contributed by atoms with Gasteiger partial charge in [-0.25, -0.2) is 4.98 Å². The van der Waals surface area contributed by atoms with Crippen molar-refractivity contribution in [2.24, 2.45) is 0 Å². The highest BCUT2D eigenvalue weighted by molar-refractivity contribution is 8.00. The fourth-order valence-electron chi connectivity index (χ4n) is 3.76. The number of rotatable bonds is 8. The van der Waals surface area contributed by atoms with E-state index in [4.69, 9.17) is 9.72 Å². The van der Waals surface area contributed by atoms with Crippen molar-refractivity contribution < 1.29 is 9.53 Å². The van der Waals surface area contributed by atoms with Crippen molar-refractivity contribution in [3.63, 3.8) is 0 Å². The second kappa shape index (κ2) is 10.2. The zero-order valence-electron chi connectivity index (χ0n) is 17.7. The van der Waals surface area contributed by atoms with Gasteiger partial charge < -0.3 is 4.74 Å². The number of para-hydroxylation sites is 1. The number of carbonyl (C=O) groups excluding carboxylic acids is 1. The monoisotopic (exact) mass is 437 g/mol. The van der Waals surface area contributed by atoms with Gasteiger partial charge in [0.1, 0.15) is 0 Å². The van der Waals surface area contributed by atoms with Crippen LogP contribution in [0.25, 0.3) is 10.9 Å². The lowest BCUT2D eigenvalue weighted by Crippen LogP contribution is -2.37. The Labute approximate surface area is 186 Å². The predicted octanol–water partition coefficient (Wildman–Crippen LogP) is 3.48. The highest BCUT2D eigenvalue weighted by atomic mass is 32.2. The van der Waals surface area contributed by atoms with Gasteiger partial charge in [0, 0.05) is 31.7 Å². The minimum atomic E-state index is -0.346. The van der Waals surface area contributed by atoms with E-state index in [0.29, 0.717) is 28.2 Å². The van der Waals surface area contributed by atoms with Crippen LogP contribution in [0.4, 0.5) is 0 Å².